The zero-order chi connectivity index (χ0) is 15.4. The Bertz CT molecular complexity index is 480. The van der Waals surface area contributed by atoms with E-state index in [4.69, 9.17) is 4.74 Å². The fraction of sp³-hybridized carbons (Fsp3) is 0.588. The van der Waals surface area contributed by atoms with Gasteiger partial charge < -0.3 is 19.9 Å². The molecule has 0 aromatic heterocycles. The van der Waals surface area contributed by atoms with E-state index in [0.717, 1.165) is 45.6 Å². The van der Waals surface area contributed by atoms with Crippen LogP contribution in [0.3, 0.4) is 0 Å². The van der Waals surface area contributed by atoms with Gasteiger partial charge in [0.05, 0.1) is 12.1 Å². The highest BCUT2D eigenvalue weighted by Gasteiger charge is 2.27. The minimum atomic E-state index is 0.0377. The number of piperazine rings is 1. The standard InChI is InChI=1S/C17H25N3O2/c1-14(16-8-5-13-22-16)18-17(21)20-11-9-19(10-12-20)15-6-3-2-4-7-15/h2-4,6-7,14,16H,5,8-13H2,1H3,(H,18,21)/t14-,16+/m0/s1. The number of hydrogen-bond acceptors (Lipinski definition) is 3. The third-order valence-corrected chi connectivity index (χ3v) is 4.56. The van der Waals surface area contributed by atoms with E-state index >= 15 is 0 Å². The average Bonchev–Trinajstić information content (AvgIpc) is 3.10. The molecular formula is C17H25N3O2. The van der Waals surface area contributed by atoms with Gasteiger partial charge in [-0.3, -0.25) is 0 Å². The SMILES string of the molecule is C[C@H](NC(=O)N1CCN(c2ccccc2)CC1)[C@H]1CCCO1. The van der Waals surface area contributed by atoms with Crippen molar-refractivity contribution in [3.8, 4) is 0 Å². The predicted octanol–water partition coefficient (Wildman–Crippen LogP) is 2.09. The molecule has 2 fully saturated rings. The van der Waals surface area contributed by atoms with Crippen molar-refractivity contribution < 1.29 is 9.53 Å². The fourth-order valence-electron chi connectivity index (χ4n) is 3.18. The normalized spacial score (nSPS) is 23.4. The first-order valence-corrected chi connectivity index (χ1v) is 8.21. The lowest BCUT2D eigenvalue weighted by atomic mass is 10.1. The first kappa shape index (κ1) is 15.2. The van der Waals surface area contributed by atoms with Crippen LogP contribution in [-0.2, 0) is 4.74 Å². The third-order valence-electron chi connectivity index (χ3n) is 4.56. The molecule has 120 valence electrons. The van der Waals surface area contributed by atoms with Gasteiger partial charge in [-0.15, -0.1) is 0 Å². The van der Waals surface area contributed by atoms with Crippen molar-refractivity contribution in [1.82, 2.24) is 10.2 Å². The smallest absolute Gasteiger partial charge is 0.317 e. The second-order valence-electron chi connectivity index (χ2n) is 6.10. The van der Waals surface area contributed by atoms with Crippen LogP contribution in [0.25, 0.3) is 0 Å². The van der Waals surface area contributed by atoms with Crippen LogP contribution in [0.15, 0.2) is 30.3 Å². The number of para-hydroxylation sites is 1. The molecule has 0 saturated carbocycles. The molecule has 1 aromatic rings. The van der Waals surface area contributed by atoms with Crippen LogP contribution in [-0.4, -0.2) is 55.9 Å². The monoisotopic (exact) mass is 303 g/mol. The summed E-state index contributed by atoms with van der Waals surface area (Å²) in [4.78, 5) is 16.6. The summed E-state index contributed by atoms with van der Waals surface area (Å²) in [5, 5.41) is 3.09. The molecule has 2 heterocycles. The molecule has 0 bridgehead atoms. The quantitative estimate of drug-likeness (QED) is 0.930. The van der Waals surface area contributed by atoms with Gasteiger partial charge in [-0.05, 0) is 31.9 Å². The molecule has 2 saturated heterocycles. The lowest BCUT2D eigenvalue weighted by Crippen LogP contribution is -2.54. The number of nitrogens with zero attached hydrogens (tertiary/aromatic N) is 2. The second kappa shape index (κ2) is 7.01. The second-order valence-corrected chi connectivity index (χ2v) is 6.10. The molecule has 1 aromatic carbocycles. The van der Waals surface area contributed by atoms with E-state index in [-0.39, 0.29) is 18.2 Å². The maximum atomic E-state index is 12.3. The Morgan fingerprint density at radius 2 is 1.95 bits per heavy atom. The number of carbonyl (C=O) groups excluding carboxylic acids is 1. The lowest BCUT2D eigenvalue weighted by molar-refractivity contribution is 0.0831. The van der Waals surface area contributed by atoms with Crippen LogP contribution in [0.4, 0.5) is 10.5 Å². The Balaban J connectivity index is 1.47. The molecule has 0 aliphatic carbocycles. The van der Waals surface area contributed by atoms with Crippen molar-refractivity contribution in [2.75, 3.05) is 37.7 Å². The number of rotatable bonds is 3. The van der Waals surface area contributed by atoms with Gasteiger partial charge in [0.25, 0.3) is 0 Å². The van der Waals surface area contributed by atoms with Crippen molar-refractivity contribution in [3.63, 3.8) is 0 Å². The van der Waals surface area contributed by atoms with Crippen LogP contribution < -0.4 is 10.2 Å². The molecule has 1 N–H and O–H groups in total. The van der Waals surface area contributed by atoms with Crippen LogP contribution in [0.1, 0.15) is 19.8 Å². The maximum Gasteiger partial charge on any atom is 0.317 e. The lowest BCUT2D eigenvalue weighted by Gasteiger charge is -2.36. The molecular weight excluding hydrogens is 278 g/mol. The molecule has 2 atom stereocenters. The molecule has 22 heavy (non-hydrogen) atoms. The average molecular weight is 303 g/mol. The summed E-state index contributed by atoms with van der Waals surface area (Å²) in [5.74, 6) is 0. The Kier molecular flexibility index (Phi) is 4.83. The molecule has 0 radical (unpaired) electrons. The van der Waals surface area contributed by atoms with Gasteiger partial charge >= 0.3 is 6.03 Å². The van der Waals surface area contributed by atoms with Crippen LogP contribution >= 0.6 is 0 Å². The van der Waals surface area contributed by atoms with E-state index in [1.54, 1.807) is 0 Å². The molecule has 5 heteroatoms. The minimum absolute atomic E-state index is 0.0377. The Labute approximate surface area is 132 Å². The highest BCUT2D eigenvalue weighted by atomic mass is 16.5. The van der Waals surface area contributed by atoms with Crippen LogP contribution in [0.2, 0.25) is 0 Å². The summed E-state index contributed by atoms with van der Waals surface area (Å²) >= 11 is 0. The Hall–Kier alpha value is -1.75. The van der Waals surface area contributed by atoms with Gasteiger partial charge in [0.1, 0.15) is 0 Å². The summed E-state index contributed by atoms with van der Waals surface area (Å²) in [6.45, 7) is 6.14. The van der Waals surface area contributed by atoms with Crippen molar-refractivity contribution in [3.05, 3.63) is 30.3 Å². The minimum Gasteiger partial charge on any atom is -0.376 e. The molecule has 3 rings (SSSR count). The van der Waals surface area contributed by atoms with E-state index in [1.807, 2.05) is 17.9 Å². The number of carbonyl (C=O) groups is 1. The summed E-state index contributed by atoms with van der Waals surface area (Å²) in [6, 6.07) is 10.5. The topological polar surface area (TPSA) is 44.8 Å². The zero-order valence-electron chi connectivity index (χ0n) is 13.2. The molecule has 5 nitrogen and oxygen atoms in total. The van der Waals surface area contributed by atoms with Gasteiger partial charge in [-0.25, -0.2) is 4.79 Å². The summed E-state index contributed by atoms with van der Waals surface area (Å²) in [5.41, 5.74) is 1.23. The summed E-state index contributed by atoms with van der Waals surface area (Å²) in [6.07, 6.45) is 2.32. The van der Waals surface area contributed by atoms with Crippen molar-refractivity contribution in [2.24, 2.45) is 0 Å². The fourth-order valence-corrected chi connectivity index (χ4v) is 3.18. The number of ether oxygens (including phenoxy) is 1. The van der Waals surface area contributed by atoms with Gasteiger partial charge in [0, 0.05) is 38.5 Å². The number of anilines is 1. The molecule has 2 aliphatic rings. The van der Waals surface area contributed by atoms with Crippen LogP contribution in [0, 0.1) is 0 Å². The number of hydrogen-bond donors (Lipinski definition) is 1. The molecule has 2 aliphatic heterocycles. The van der Waals surface area contributed by atoms with Gasteiger partial charge in [-0.2, -0.15) is 0 Å². The highest BCUT2D eigenvalue weighted by molar-refractivity contribution is 5.75. The highest BCUT2D eigenvalue weighted by Crippen LogP contribution is 2.17. The van der Waals surface area contributed by atoms with E-state index < -0.39 is 0 Å². The summed E-state index contributed by atoms with van der Waals surface area (Å²) < 4.78 is 5.64. The zero-order valence-corrected chi connectivity index (χ0v) is 13.2. The summed E-state index contributed by atoms with van der Waals surface area (Å²) in [7, 11) is 0. The largest absolute Gasteiger partial charge is 0.376 e. The van der Waals surface area contributed by atoms with E-state index in [1.165, 1.54) is 5.69 Å². The first-order valence-electron chi connectivity index (χ1n) is 8.21. The predicted molar refractivity (Wildman–Crippen MR) is 87.2 cm³/mol. The van der Waals surface area contributed by atoms with Crippen molar-refractivity contribution >= 4 is 11.7 Å². The Morgan fingerprint density at radius 1 is 1.23 bits per heavy atom. The van der Waals surface area contributed by atoms with E-state index in [9.17, 15) is 4.79 Å². The van der Waals surface area contributed by atoms with Gasteiger partial charge in [0.2, 0.25) is 0 Å². The van der Waals surface area contributed by atoms with Gasteiger partial charge in [-0.1, -0.05) is 18.2 Å². The number of nitrogens with one attached hydrogen (secondary N) is 1. The number of amides is 2. The molecule has 0 spiro atoms. The Morgan fingerprint density at radius 3 is 2.59 bits per heavy atom. The van der Waals surface area contributed by atoms with Gasteiger partial charge in [0.15, 0.2) is 0 Å². The number of urea groups is 1. The molecule has 0 unspecified atom stereocenters. The van der Waals surface area contributed by atoms with E-state index in [0.29, 0.717) is 0 Å². The van der Waals surface area contributed by atoms with Crippen LogP contribution in [0.5, 0.6) is 0 Å². The first-order chi connectivity index (χ1) is 10.7. The third kappa shape index (κ3) is 3.53. The number of benzene rings is 1. The molecule has 2 amide bonds. The van der Waals surface area contributed by atoms with Crippen molar-refractivity contribution in [1.29, 1.82) is 0 Å². The van der Waals surface area contributed by atoms with Crippen molar-refractivity contribution in [2.45, 2.75) is 31.9 Å². The van der Waals surface area contributed by atoms with E-state index in [2.05, 4.69) is 34.5 Å². The maximum absolute atomic E-state index is 12.3.